The van der Waals surface area contributed by atoms with Crippen LogP contribution in [0.2, 0.25) is 0 Å². The molecule has 12 nitrogen and oxygen atoms in total. The van der Waals surface area contributed by atoms with Crippen molar-refractivity contribution in [3.8, 4) is 0 Å². The van der Waals surface area contributed by atoms with Crippen LogP contribution in [0.25, 0.3) is 0 Å². The molecule has 4 aliphatic heterocycles. The van der Waals surface area contributed by atoms with Gasteiger partial charge in [-0.05, 0) is 117 Å². The number of ether oxygens (including phenoxy) is 4. The first-order valence-corrected chi connectivity index (χ1v) is 16.6. The molecule has 4 heterocycles. The minimum absolute atomic E-state index is 0. The molecule has 4 aliphatic rings. The summed E-state index contributed by atoms with van der Waals surface area (Å²) in [6, 6.07) is 0. The standard InChI is InChI=1S/2C19H24N2O4.Cu/c2*1-7-24-18(22)16-10(3)14(20-12(16)5)9-15-11(4)17(13(6)21-15)19(23)25-8-2;/h2*9,22H,7-8H2,1-6H3;/q;;+2/p-2/b2*15-9-,18-16+;. The van der Waals surface area contributed by atoms with Crippen molar-refractivity contribution in [1.82, 2.24) is 0 Å². The van der Waals surface area contributed by atoms with Gasteiger partial charge in [0.1, 0.15) is 0 Å². The predicted octanol–water partition coefficient (Wildman–Crippen LogP) is 5.16. The van der Waals surface area contributed by atoms with Gasteiger partial charge in [0, 0.05) is 22.6 Å². The van der Waals surface area contributed by atoms with E-state index < -0.39 is 0 Å². The van der Waals surface area contributed by atoms with Crippen molar-refractivity contribution in [3.05, 3.63) is 91.4 Å². The van der Waals surface area contributed by atoms with E-state index in [1.165, 1.54) is 0 Å². The average molecular weight is 750 g/mol. The molecule has 0 aromatic heterocycles. The molecular weight excluding hydrogens is 704 g/mol. The molecule has 13 heteroatoms. The summed E-state index contributed by atoms with van der Waals surface area (Å²) < 4.78 is 20.4. The number of nitrogens with zero attached hydrogens (tertiary/aromatic N) is 4. The van der Waals surface area contributed by atoms with Crippen LogP contribution in [0, 0.1) is 0 Å². The van der Waals surface area contributed by atoms with Gasteiger partial charge in [0.2, 0.25) is 0 Å². The van der Waals surface area contributed by atoms with Crippen LogP contribution in [-0.4, -0.2) is 61.2 Å². The Bertz CT molecular complexity index is 1730. The van der Waals surface area contributed by atoms with Gasteiger partial charge in [-0.2, -0.15) is 0 Å². The smallest absolute Gasteiger partial charge is 0.613 e. The van der Waals surface area contributed by atoms with Crippen LogP contribution in [0.3, 0.4) is 0 Å². The fraction of sp³-hybridized carbons (Fsp3) is 0.421. The van der Waals surface area contributed by atoms with Crippen molar-refractivity contribution in [2.45, 2.75) is 83.1 Å². The van der Waals surface area contributed by atoms with Gasteiger partial charge in [-0.1, -0.05) is 13.8 Å². The van der Waals surface area contributed by atoms with E-state index in [4.69, 9.17) is 18.9 Å². The van der Waals surface area contributed by atoms with Gasteiger partial charge >= 0.3 is 29.0 Å². The monoisotopic (exact) mass is 749 g/mol. The third-order valence-electron chi connectivity index (χ3n) is 8.10. The molecule has 0 unspecified atom stereocenters. The maximum atomic E-state index is 12.1. The SMILES string of the molecule is CCOC(=O)C1=C(C)/C(=C/C2=C(C)C(=C(/[O-])OCC)/C(C)=N2)N=C1C.CCOC(=O)C1=C(C)/C(=C/C2=C(C)C(=C(/[O-])OCC)/C(C)=N2)N=C1C.[Cu+2]. The van der Waals surface area contributed by atoms with Crippen LogP contribution in [0.15, 0.2) is 111 Å². The minimum Gasteiger partial charge on any atom is -0.613 e. The summed E-state index contributed by atoms with van der Waals surface area (Å²) in [6.45, 7) is 22.7. The zero-order chi connectivity index (χ0) is 37.4. The summed E-state index contributed by atoms with van der Waals surface area (Å²) in [5.41, 5.74) is 9.99. The number of esters is 2. The maximum absolute atomic E-state index is 12.1. The van der Waals surface area contributed by atoms with Gasteiger partial charge in [-0.15, -0.1) is 0 Å². The largest absolute Gasteiger partial charge is 2.00 e. The summed E-state index contributed by atoms with van der Waals surface area (Å²) in [4.78, 5) is 42.0. The molecule has 4 rings (SSSR count). The van der Waals surface area contributed by atoms with Crippen LogP contribution < -0.4 is 10.2 Å². The van der Waals surface area contributed by atoms with E-state index in [0.29, 0.717) is 94.4 Å². The Kier molecular flexibility index (Phi) is 15.4. The molecule has 0 N–H and O–H groups in total. The topological polar surface area (TPSA) is 167 Å². The van der Waals surface area contributed by atoms with E-state index in [-0.39, 0.29) is 40.9 Å². The van der Waals surface area contributed by atoms with Crippen molar-refractivity contribution < 1.29 is 55.8 Å². The van der Waals surface area contributed by atoms with Crippen LogP contribution in [0.1, 0.15) is 83.1 Å². The number of carbonyl (C=O) groups is 2. The fourth-order valence-corrected chi connectivity index (χ4v) is 5.72. The zero-order valence-corrected chi connectivity index (χ0v) is 32.3. The first-order chi connectivity index (χ1) is 23.6. The molecule has 0 aromatic carbocycles. The van der Waals surface area contributed by atoms with Crippen LogP contribution >= 0.6 is 0 Å². The third kappa shape index (κ3) is 9.33. The second-order valence-corrected chi connectivity index (χ2v) is 11.5. The normalized spacial score (nSPS) is 20.5. The molecule has 277 valence electrons. The molecule has 0 saturated carbocycles. The molecule has 0 bridgehead atoms. The van der Waals surface area contributed by atoms with E-state index in [1.807, 2.05) is 27.7 Å². The molecule has 0 aromatic rings. The summed E-state index contributed by atoms with van der Waals surface area (Å²) in [7, 11) is 0. The number of rotatable bonds is 10. The van der Waals surface area contributed by atoms with Crippen molar-refractivity contribution in [3.63, 3.8) is 0 Å². The first-order valence-electron chi connectivity index (χ1n) is 16.6. The summed E-state index contributed by atoms with van der Waals surface area (Å²) in [5, 5.41) is 24.2. The van der Waals surface area contributed by atoms with Crippen LogP contribution in [0.4, 0.5) is 0 Å². The Labute approximate surface area is 310 Å². The average Bonchev–Trinajstić information content (AvgIpc) is 3.68. The Morgan fingerprint density at radius 2 is 0.824 bits per heavy atom. The Balaban J connectivity index is 0.000000347. The number of hydrogen-bond donors (Lipinski definition) is 0. The van der Waals surface area contributed by atoms with Gasteiger partial charge in [0.05, 0.1) is 70.5 Å². The van der Waals surface area contributed by atoms with E-state index in [9.17, 15) is 19.8 Å². The number of hydrogen-bond acceptors (Lipinski definition) is 12. The summed E-state index contributed by atoms with van der Waals surface area (Å²) >= 11 is 0. The second kappa shape index (κ2) is 18.5. The molecular formula is C38H46CuN4O8. The Morgan fingerprint density at radius 3 is 1.12 bits per heavy atom. The maximum Gasteiger partial charge on any atom is 2.00 e. The molecule has 0 fully saturated rings. The van der Waals surface area contributed by atoms with Gasteiger partial charge in [0.25, 0.3) is 0 Å². The van der Waals surface area contributed by atoms with Crippen LogP contribution in [-0.2, 0) is 45.6 Å². The molecule has 0 spiro atoms. The van der Waals surface area contributed by atoms with E-state index >= 15 is 0 Å². The molecule has 0 amide bonds. The van der Waals surface area contributed by atoms with Crippen molar-refractivity contribution in [2.24, 2.45) is 20.0 Å². The van der Waals surface area contributed by atoms with Crippen molar-refractivity contribution in [2.75, 3.05) is 26.4 Å². The minimum atomic E-state index is -0.375. The predicted molar refractivity (Wildman–Crippen MR) is 190 cm³/mol. The molecule has 0 saturated heterocycles. The number of aliphatic imine (C=N–C) groups is 4. The zero-order valence-electron chi connectivity index (χ0n) is 31.3. The Morgan fingerprint density at radius 1 is 0.510 bits per heavy atom. The first kappa shape index (κ1) is 42.4. The van der Waals surface area contributed by atoms with E-state index in [0.717, 1.165) is 22.3 Å². The van der Waals surface area contributed by atoms with Crippen molar-refractivity contribution in [1.29, 1.82) is 0 Å². The molecule has 0 aliphatic carbocycles. The molecule has 1 radical (unpaired) electrons. The Hall–Kier alpha value is -4.74. The second-order valence-electron chi connectivity index (χ2n) is 11.5. The van der Waals surface area contributed by atoms with Gasteiger partial charge in [0.15, 0.2) is 0 Å². The molecule has 51 heavy (non-hydrogen) atoms. The van der Waals surface area contributed by atoms with Crippen LogP contribution in [0.5, 0.6) is 0 Å². The third-order valence-corrected chi connectivity index (χ3v) is 8.10. The van der Waals surface area contributed by atoms with Crippen molar-refractivity contribution >= 4 is 34.8 Å². The molecule has 0 atom stereocenters. The number of allylic oxidation sites excluding steroid dienone is 8. The summed E-state index contributed by atoms with van der Waals surface area (Å²) in [5.74, 6) is -1.50. The van der Waals surface area contributed by atoms with Gasteiger partial charge in [-0.25, -0.2) is 9.59 Å². The fourth-order valence-electron chi connectivity index (χ4n) is 5.72. The van der Waals surface area contributed by atoms with E-state index in [1.54, 1.807) is 67.5 Å². The quantitative estimate of drug-likeness (QED) is 0.168. The summed E-state index contributed by atoms with van der Waals surface area (Å²) in [6.07, 6.45) is 3.58. The number of carbonyl (C=O) groups excluding carboxylic acids is 2. The van der Waals surface area contributed by atoms with E-state index in [2.05, 4.69) is 20.0 Å². The van der Waals surface area contributed by atoms with Gasteiger partial charge in [-0.3, -0.25) is 20.0 Å². The van der Waals surface area contributed by atoms with Gasteiger partial charge < -0.3 is 29.2 Å².